The number of amides is 1. The Bertz CT molecular complexity index is 1580. The molecule has 12 heteroatoms. The molecule has 0 spiro atoms. The molecule has 0 radical (unpaired) electrons. The summed E-state index contributed by atoms with van der Waals surface area (Å²) >= 11 is 0. The molecule has 0 bridgehead atoms. The highest BCUT2D eigenvalue weighted by molar-refractivity contribution is 5.99. The molecule has 4 heterocycles. The van der Waals surface area contributed by atoms with Crippen LogP contribution in [0.2, 0.25) is 0 Å². The van der Waals surface area contributed by atoms with E-state index in [0.717, 1.165) is 6.07 Å². The summed E-state index contributed by atoms with van der Waals surface area (Å²) in [7, 11) is 1.77. The van der Waals surface area contributed by atoms with E-state index in [-0.39, 0.29) is 31.5 Å². The highest BCUT2D eigenvalue weighted by Gasteiger charge is 2.38. The Kier molecular flexibility index (Phi) is 7.71. The smallest absolute Gasteiger partial charge is 0.266 e. The average Bonchev–Trinajstić information content (AvgIpc) is 3.38. The molecule has 0 saturated carbocycles. The minimum Gasteiger partial charge on any atom is -0.384 e. The van der Waals surface area contributed by atoms with Gasteiger partial charge in [0.1, 0.15) is 23.2 Å². The zero-order chi connectivity index (χ0) is 29.5. The zero-order valence-corrected chi connectivity index (χ0v) is 22.9. The van der Waals surface area contributed by atoms with Crippen molar-refractivity contribution in [2.75, 3.05) is 18.4 Å². The van der Waals surface area contributed by atoms with Crippen LogP contribution in [0.25, 0.3) is 22.2 Å². The van der Waals surface area contributed by atoms with Crippen LogP contribution in [0.15, 0.2) is 48.9 Å². The van der Waals surface area contributed by atoms with Crippen molar-refractivity contribution in [1.82, 2.24) is 24.6 Å². The van der Waals surface area contributed by atoms with E-state index in [1.807, 2.05) is 0 Å². The summed E-state index contributed by atoms with van der Waals surface area (Å²) in [5, 5.41) is 29.5. The third-order valence-electron chi connectivity index (χ3n) is 7.57. The normalized spacial score (nSPS) is 16.7. The number of carbonyl (C=O) groups excluding carboxylic acids is 1. The summed E-state index contributed by atoms with van der Waals surface area (Å²) in [5.74, 6) is -1.37. The number of carbonyl (C=O) groups is 1. The molecule has 216 valence electrons. The van der Waals surface area contributed by atoms with Gasteiger partial charge >= 0.3 is 0 Å². The molecule has 2 atom stereocenters. The quantitative estimate of drug-likeness (QED) is 0.301. The maximum atomic E-state index is 14.9. The second-order valence-electron chi connectivity index (χ2n) is 10.5. The average molecular weight is 569 g/mol. The van der Waals surface area contributed by atoms with Crippen LogP contribution < -0.4 is 5.32 Å². The standard InChI is InChI=1S/C29H31F3N6O3/c1-16(19-5-4-6-20(24(19)30)27(31)32)35-22-7-10-33-26-21(22)13-23(36-25(26)18-14-34-37(3)15-18)29(41)8-11-38(12-9-29)28(40)17(2)39/h4-7,10,13-17,27,39,41H,8-9,11-12H2,1-3H3,(H,33,35)/t16-,17+/m1/s1. The lowest BCUT2D eigenvalue weighted by atomic mass is 9.86. The lowest BCUT2D eigenvalue weighted by Gasteiger charge is -2.38. The van der Waals surface area contributed by atoms with Gasteiger partial charge < -0.3 is 20.4 Å². The Balaban J connectivity index is 1.58. The molecule has 1 aromatic carbocycles. The number of aliphatic hydroxyl groups excluding tert-OH is 1. The molecule has 5 rings (SSSR count). The molecule has 1 fully saturated rings. The number of hydrogen-bond acceptors (Lipinski definition) is 7. The van der Waals surface area contributed by atoms with Gasteiger partial charge in [0.15, 0.2) is 0 Å². The fraction of sp³-hybridized carbons (Fsp3) is 0.379. The number of aliphatic hydroxyl groups is 2. The fourth-order valence-electron chi connectivity index (χ4n) is 5.26. The summed E-state index contributed by atoms with van der Waals surface area (Å²) in [6, 6.07) is 6.65. The Morgan fingerprint density at radius 1 is 1.15 bits per heavy atom. The fourth-order valence-corrected chi connectivity index (χ4v) is 5.26. The monoisotopic (exact) mass is 568 g/mol. The molecular formula is C29H31F3N6O3. The van der Waals surface area contributed by atoms with E-state index in [0.29, 0.717) is 33.5 Å². The highest BCUT2D eigenvalue weighted by atomic mass is 19.3. The molecular weight excluding hydrogens is 537 g/mol. The SMILES string of the molecule is C[C@H](O)C(=O)N1CCC(O)(c2cc3c(N[C@H](C)c4cccc(C(F)F)c4F)ccnc3c(-c3cnn(C)c3)n2)CC1. The van der Waals surface area contributed by atoms with Crippen molar-refractivity contribution in [3.63, 3.8) is 0 Å². The summed E-state index contributed by atoms with van der Waals surface area (Å²) in [4.78, 5) is 23.2. The number of likely N-dealkylation sites (tertiary alicyclic amines) is 1. The number of aryl methyl sites for hydroxylation is 1. The van der Waals surface area contributed by atoms with Crippen LogP contribution in [0.1, 0.15) is 56.0 Å². The van der Waals surface area contributed by atoms with Gasteiger partial charge in [0.25, 0.3) is 12.3 Å². The van der Waals surface area contributed by atoms with Gasteiger partial charge in [-0.3, -0.25) is 14.5 Å². The number of anilines is 1. The van der Waals surface area contributed by atoms with Crippen LogP contribution in [0.4, 0.5) is 18.9 Å². The predicted molar refractivity (Wildman–Crippen MR) is 147 cm³/mol. The molecule has 41 heavy (non-hydrogen) atoms. The minimum absolute atomic E-state index is 0.0864. The number of piperidine rings is 1. The van der Waals surface area contributed by atoms with Gasteiger partial charge in [0.05, 0.1) is 29.0 Å². The molecule has 9 nitrogen and oxygen atoms in total. The maximum absolute atomic E-state index is 14.9. The van der Waals surface area contributed by atoms with Crippen LogP contribution in [0, 0.1) is 5.82 Å². The van der Waals surface area contributed by atoms with Crippen LogP contribution in [-0.2, 0) is 17.4 Å². The first-order valence-corrected chi connectivity index (χ1v) is 13.3. The lowest BCUT2D eigenvalue weighted by Crippen LogP contribution is -2.48. The summed E-state index contributed by atoms with van der Waals surface area (Å²) in [6.45, 7) is 3.55. The van der Waals surface area contributed by atoms with E-state index in [9.17, 15) is 28.2 Å². The van der Waals surface area contributed by atoms with Crippen molar-refractivity contribution >= 4 is 22.5 Å². The molecule has 0 aliphatic carbocycles. The van der Waals surface area contributed by atoms with Gasteiger partial charge in [-0.15, -0.1) is 0 Å². The second kappa shape index (κ2) is 11.1. The van der Waals surface area contributed by atoms with Crippen LogP contribution in [-0.4, -0.2) is 60.0 Å². The van der Waals surface area contributed by atoms with Gasteiger partial charge in [-0.1, -0.05) is 18.2 Å². The van der Waals surface area contributed by atoms with E-state index >= 15 is 0 Å². The molecule has 1 saturated heterocycles. The van der Waals surface area contributed by atoms with Gasteiger partial charge in [-0.05, 0) is 38.8 Å². The molecule has 4 aromatic rings. The third kappa shape index (κ3) is 5.49. The topological polar surface area (TPSA) is 116 Å². The first-order valence-electron chi connectivity index (χ1n) is 13.3. The van der Waals surface area contributed by atoms with Crippen LogP contribution >= 0.6 is 0 Å². The summed E-state index contributed by atoms with van der Waals surface area (Å²) in [6.07, 6.45) is 1.29. The van der Waals surface area contributed by atoms with Crippen LogP contribution in [0.5, 0.6) is 0 Å². The number of hydrogen-bond donors (Lipinski definition) is 3. The molecule has 1 aliphatic rings. The van der Waals surface area contributed by atoms with Crippen molar-refractivity contribution in [3.8, 4) is 11.3 Å². The third-order valence-corrected chi connectivity index (χ3v) is 7.57. The Labute approximate surface area is 234 Å². The van der Waals surface area contributed by atoms with Crippen molar-refractivity contribution < 1.29 is 28.2 Å². The van der Waals surface area contributed by atoms with E-state index in [1.165, 1.54) is 24.0 Å². The second-order valence-corrected chi connectivity index (χ2v) is 10.5. The molecule has 1 amide bonds. The number of fused-ring (bicyclic) bond motifs is 1. The number of nitrogens with one attached hydrogen (secondary N) is 1. The zero-order valence-electron chi connectivity index (χ0n) is 22.9. The van der Waals surface area contributed by atoms with Crippen molar-refractivity contribution in [2.24, 2.45) is 7.05 Å². The van der Waals surface area contributed by atoms with Crippen molar-refractivity contribution in [2.45, 2.75) is 50.9 Å². The van der Waals surface area contributed by atoms with E-state index in [4.69, 9.17) is 4.98 Å². The van der Waals surface area contributed by atoms with E-state index in [1.54, 1.807) is 49.4 Å². The van der Waals surface area contributed by atoms with Gasteiger partial charge in [0.2, 0.25) is 0 Å². The number of halogens is 3. The van der Waals surface area contributed by atoms with E-state index in [2.05, 4.69) is 15.4 Å². The number of aromatic nitrogens is 4. The highest BCUT2D eigenvalue weighted by Crippen LogP contribution is 2.39. The lowest BCUT2D eigenvalue weighted by molar-refractivity contribution is -0.143. The largest absolute Gasteiger partial charge is 0.384 e. The molecule has 1 aliphatic heterocycles. The summed E-state index contributed by atoms with van der Waals surface area (Å²) in [5.41, 5.74) is 0.600. The van der Waals surface area contributed by atoms with Gasteiger partial charge in [0, 0.05) is 54.7 Å². The Hall–Kier alpha value is -4.03. The van der Waals surface area contributed by atoms with Crippen molar-refractivity contribution in [1.29, 1.82) is 0 Å². The summed E-state index contributed by atoms with van der Waals surface area (Å²) < 4.78 is 43.2. The van der Waals surface area contributed by atoms with Crippen molar-refractivity contribution in [3.05, 3.63) is 71.6 Å². The first-order chi connectivity index (χ1) is 19.5. The molecule has 0 unspecified atom stereocenters. The van der Waals surface area contributed by atoms with Crippen LogP contribution in [0.3, 0.4) is 0 Å². The minimum atomic E-state index is -2.94. The maximum Gasteiger partial charge on any atom is 0.266 e. The van der Waals surface area contributed by atoms with Gasteiger partial charge in [-0.25, -0.2) is 18.2 Å². The number of benzene rings is 1. The van der Waals surface area contributed by atoms with Gasteiger partial charge in [-0.2, -0.15) is 5.10 Å². The number of nitrogens with zero attached hydrogens (tertiary/aromatic N) is 5. The number of rotatable bonds is 7. The van der Waals surface area contributed by atoms with E-state index < -0.39 is 41.5 Å². The predicted octanol–water partition coefficient (Wildman–Crippen LogP) is 4.47. The number of alkyl halides is 2. The Morgan fingerprint density at radius 2 is 1.85 bits per heavy atom. The molecule has 3 aromatic heterocycles. The number of pyridine rings is 2. The Morgan fingerprint density at radius 3 is 2.49 bits per heavy atom. The molecule has 3 N–H and O–H groups in total. The first kappa shape index (κ1) is 28.5.